The second kappa shape index (κ2) is 39.1. The van der Waals surface area contributed by atoms with E-state index in [9.17, 15) is 23.8 Å². The smallest absolute Gasteiger partial charge is 0.472 e. The summed E-state index contributed by atoms with van der Waals surface area (Å²) in [7, 11) is -4.71. The summed E-state index contributed by atoms with van der Waals surface area (Å²) in [6, 6.07) is -1.52. The van der Waals surface area contributed by atoms with Crippen LogP contribution in [0.4, 0.5) is 0 Å². The Morgan fingerprint density at radius 2 is 0.909 bits per heavy atom. The van der Waals surface area contributed by atoms with Crippen LogP contribution >= 0.6 is 7.82 Å². The highest BCUT2D eigenvalue weighted by Gasteiger charge is 2.28. The molecule has 0 spiro atoms. The van der Waals surface area contributed by atoms with Crippen LogP contribution in [0.25, 0.3) is 0 Å². The standard InChI is InChI=1S/C43H82NO10P/c1-3-5-7-9-11-13-15-17-18-19-20-21-23-24-26-28-30-32-34-41(45)51-36-39(37-52-55(49,50)53-38-40(44)43(47)48)54-42(46)35-33-31-29-27-25-22-16-14-12-10-8-6-4-2/h14,16,39-40H,3-13,15,17-38,44H2,1-2H3,(H,47,48)(H,49,50)/b16-14-/t39-,40+/m1/s1. The number of esters is 2. The molecule has 0 aliphatic carbocycles. The number of rotatable bonds is 42. The lowest BCUT2D eigenvalue weighted by molar-refractivity contribution is -0.161. The maximum atomic E-state index is 12.6. The highest BCUT2D eigenvalue weighted by atomic mass is 31.2. The molecule has 0 amide bonds. The number of ether oxygens (including phenoxy) is 2. The molecule has 0 radical (unpaired) electrons. The highest BCUT2D eigenvalue weighted by Crippen LogP contribution is 2.43. The third-order valence-corrected chi connectivity index (χ3v) is 10.7. The lowest BCUT2D eigenvalue weighted by Crippen LogP contribution is -2.34. The molecule has 0 aliphatic heterocycles. The Bertz CT molecular complexity index is 995. The van der Waals surface area contributed by atoms with Crippen molar-refractivity contribution in [2.45, 2.75) is 225 Å². The van der Waals surface area contributed by atoms with Crippen LogP contribution < -0.4 is 5.73 Å². The summed E-state index contributed by atoms with van der Waals surface area (Å²) < 4.78 is 32.7. The highest BCUT2D eigenvalue weighted by molar-refractivity contribution is 7.47. The molecule has 0 aromatic heterocycles. The number of hydrogen-bond donors (Lipinski definition) is 3. The molecule has 55 heavy (non-hydrogen) atoms. The number of carboxylic acid groups (broad SMARTS) is 1. The van der Waals surface area contributed by atoms with E-state index < -0.39 is 51.1 Å². The minimum absolute atomic E-state index is 0.155. The molecule has 0 saturated heterocycles. The van der Waals surface area contributed by atoms with Crippen LogP contribution in [-0.2, 0) is 37.5 Å². The molecule has 0 aliphatic rings. The van der Waals surface area contributed by atoms with Crippen molar-refractivity contribution in [3.63, 3.8) is 0 Å². The SMILES string of the molecule is CCCCCC/C=C\CCCCCCCC(=O)O[C@H](COC(=O)CCCCCCCCCCCCCCCCCCCC)COP(=O)(O)OC[C@H](N)C(=O)O. The van der Waals surface area contributed by atoms with Crippen LogP contribution in [0.1, 0.15) is 213 Å². The zero-order chi connectivity index (χ0) is 40.7. The van der Waals surface area contributed by atoms with Gasteiger partial charge in [-0.15, -0.1) is 0 Å². The number of hydrogen-bond acceptors (Lipinski definition) is 9. The third-order valence-electron chi connectivity index (χ3n) is 9.76. The Hall–Kier alpha value is -1.78. The number of phosphoric acid groups is 1. The molecule has 3 atom stereocenters. The fourth-order valence-corrected chi connectivity index (χ4v) is 7.02. The molecule has 0 aromatic carbocycles. The molecule has 4 N–H and O–H groups in total. The molecular formula is C43H82NO10P. The summed E-state index contributed by atoms with van der Waals surface area (Å²) in [6.07, 6.45) is 38.5. The maximum absolute atomic E-state index is 12.6. The Labute approximate surface area is 335 Å². The van der Waals surface area contributed by atoms with E-state index in [1.54, 1.807) is 0 Å². The first-order valence-electron chi connectivity index (χ1n) is 22.2. The average Bonchev–Trinajstić information content (AvgIpc) is 3.16. The van der Waals surface area contributed by atoms with Gasteiger partial charge in [-0.3, -0.25) is 23.4 Å². The van der Waals surface area contributed by atoms with Crippen molar-refractivity contribution >= 4 is 25.7 Å². The second-order valence-corrected chi connectivity index (χ2v) is 16.6. The second-order valence-electron chi connectivity index (χ2n) is 15.2. The van der Waals surface area contributed by atoms with Crippen molar-refractivity contribution in [1.82, 2.24) is 0 Å². The van der Waals surface area contributed by atoms with Crippen LogP contribution in [0.15, 0.2) is 12.2 Å². The summed E-state index contributed by atoms with van der Waals surface area (Å²) in [4.78, 5) is 45.9. The van der Waals surface area contributed by atoms with Crippen molar-refractivity contribution in [1.29, 1.82) is 0 Å². The third kappa shape index (κ3) is 38.9. The van der Waals surface area contributed by atoms with E-state index in [1.807, 2.05) is 0 Å². The van der Waals surface area contributed by atoms with Gasteiger partial charge in [0.25, 0.3) is 0 Å². The molecule has 1 unspecified atom stereocenters. The Morgan fingerprint density at radius 3 is 1.35 bits per heavy atom. The predicted molar refractivity (Wildman–Crippen MR) is 222 cm³/mol. The molecule has 324 valence electrons. The van der Waals surface area contributed by atoms with E-state index in [-0.39, 0.29) is 19.4 Å². The van der Waals surface area contributed by atoms with Gasteiger partial charge < -0.3 is 25.2 Å². The largest absolute Gasteiger partial charge is 0.480 e. The summed E-state index contributed by atoms with van der Waals surface area (Å²) in [6.45, 7) is 2.80. The van der Waals surface area contributed by atoms with E-state index in [2.05, 4.69) is 30.5 Å². The lowest BCUT2D eigenvalue weighted by Gasteiger charge is -2.20. The van der Waals surface area contributed by atoms with Gasteiger partial charge in [0.2, 0.25) is 0 Å². The predicted octanol–water partition coefficient (Wildman–Crippen LogP) is 11.7. The summed E-state index contributed by atoms with van der Waals surface area (Å²) in [5.74, 6) is -2.38. The first kappa shape index (κ1) is 53.2. The Morgan fingerprint density at radius 1 is 0.545 bits per heavy atom. The van der Waals surface area contributed by atoms with E-state index in [1.165, 1.54) is 116 Å². The van der Waals surface area contributed by atoms with Crippen molar-refractivity contribution < 1.29 is 47.5 Å². The number of carboxylic acids is 1. The zero-order valence-electron chi connectivity index (χ0n) is 35.0. The van der Waals surface area contributed by atoms with Gasteiger partial charge in [0.1, 0.15) is 12.6 Å². The fraction of sp³-hybridized carbons (Fsp3) is 0.884. The maximum Gasteiger partial charge on any atom is 0.472 e. The summed E-state index contributed by atoms with van der Waals surface area (Å²) in [5.41, 5.74) is 5.33. The Kier molecular flexibility index (Phi) is 37.8. The number of nitrogens with two attached hydrogens (primary N) is 1. The topological polar surface area (TPSA) is 172 Å². The first-order valence-corrected chi connectivity index (χ1v) is 23.7. The monoisotopic (exact) mass is 804 g/mol. The van der Waals surface area contributed by atoms with Gasteiger partial charge in [-0.05, 0) is 38.5 Å². The van der Waals surface area contributed by atoms with Crippen molar-refractivity contribution in [2.75, 3.05) is 19.8 Å². The van der Waals surface area contributed by atoms with Crippen LogP contribution in [-0.4, -0.2) is 59.9 Å². The summed E-state index contributed by atoms with van der Waals surface area (Å²) in [5, 5.41) is 8.88. The van der Waals surface area contributed by atoms with E-state index in [0.29, 0.717) is 12.8 Å². The average molecular weight is 804 g/mol. The molecule has 11 nitrogen and oxygen atoms in total. The van der Waals surface area contributed by atoms with Crippen LogP contribution in [0.3, 0.4) is 0 Å². The molecule has 0 heterocycles. The number of allylic oxidation sites excluding steroid dienone is 2. The molecule has 0 saturated carbocycles. The minimum atomic E-state index is -4.71. The lowest BCUT2D eigenvalue weighted by atomic mass is 10.0. The van der Waals surface area contributed by atoms with E-state index in [0.717, 1.165) is 57.8 Å². The molecule has 12 heteroatoms. The number of carbonyl (C=O) groups excluding carboxylic acids is 2. The van der Waals surface area contributed by atoms with Gasteiger partial charge in [-0.2, -0.15) is 0 Å². The molecule has 0 aromatic rings. The van der Waals surface area contributed by atoms with Gasteiger partial charge in [-0.1, -0.05) is 174 Å². The molecule has 0 fully saturated rings. The van der Waals surface area contributed by atoms with Crippen LogP contribution in [0, 0.1) is 0 Å². The van der Waals surface area contributed by atoms with E-state index >= 15 is 0 Å². The van der Waals surface area contributed by atoms with Gasteiger partial charge in [-0.25, -0.2) is 4.57 Å². The molecular weight excluding hydrogens is 721 g/mol. The van der Waals surface area contributed by atoms with Crippen molar-refractivity contribution in [3.8, 4) is 0 Å². The fourth-order valence-electron chi connectivity index (χ4n) is 6.24. The quantitative estimate of drug-likeness (QED) is 0.0232. The van der Waals surface area contributed by atoms with Crippen molar-refractivity contribution in [3.05, 3.63) is 12.2 Å². The van der Waals surface area contributed by atoms with Crippen LogP contribution in [0.2, 0.25) is 0 Å². The number of phosphoric ester groups is 1. The molecule has 0 bridgehead atoms. The molecule has 0 rings (SSSR count). The van der Waals surface area contributed by atoms with E-state index in [4.69, 9.17) is 24.8 Å². The van der Waals surface area contributed by atoms with Gasteiger partial charge >= 0.3 is 25.7 Å². The van der Waals surface area contributed by atoms with Crippen molar-refractivity contribution in [2.24, 2.45) is 5.73 Å². The normalized spacial score (nSPS) is 13.8. The number of unbranched alkanes of at least 4 members (excludes halogenated alkanes) is 26. The van der Waals surface area contributed by atoms with Gasteiger partial charge in [0.05, 0.1) is 13.2 Å². The first-order chi connectivity index (χ1) is 26.6. The summed E-state index contributed by atoms with van der Waals surface area (Å²) >= 11 is 0. The van der Waals surface area contributed by atoms with Crippen LogP contribution in [0.5, 0.6) is 0 Å². The minimum Gasteiger partial charge on any atom is -0.480 e. The zero-order valence-corrected chi connectivity index (χ0v) is 35.9. The van der Waals surface area contributed by atoms with Gasteiger partial charge in [0.15, 0.2) is 6.10 Å². The van der Waals surface area contributed by atoms with Gasteiger partial charge in [0, 0.05) is 12.8 Å². The number of aliphatic carboxylic acids is 1. The Balaban J connectivity index is 4.29. The number of carbonyl (C=O) groups is 3.